The normalized spacial score (nSPS) is 48.9. The van der Waals surface area contributed by atoms with E-state index in [1.807, 2.05) is 0 Å². The first-order chi connectivity index (χ1) is 12.6. The van der Waals surface area contributed by atoms with Crippen LogP contribution in [0.5, 0.6) is 0 Å². The number of hydrogen-bond donors (Lipinski definition) is 1. The van der Waals surface area contributed by atoms with Gasteiger partial charge in [-0.3, -0.25) is 9.59 Å². The van der Waals surface area contributed by atoms with Crippen LogP contribution in [-0.4, -0.2) is 28.2 Å². The van der Waals surface area contributed by atoms with E-state index in [0.29, 0.717) is 29.7 Å². The zero-order chi connectivity index (χ0) is 19.8. The number of rotatable bonds is 2. The highest BCUT2D eigenvalue weighted by molar-refractivity contribution is 6.32. The lowest BCUT2D eigenvalue weighted by Gasteiger charge is -2.59. The summed E-state index contributed by atoms with van der Waals surface area (Å²) in [6, 6.07) is 0. The Kier molecular flexibility index (Phi) is 4.50. The number of halogens is 2. The van der Waals surface area contributed by atoms with Crippen molar-refractivity contribution in [3.8, 4) is 0 Å². The lowest BCUT2D eigenvalue weighted by Crippen LogP contribution is -2.57. The van der Waals surface area contributed by atoms with E-state index < -0.39 is 11.0 Å². The molecule has 2 saturated carbocycles. The van der Waals surface area contributed by atoms with E-state index in [2.05, 4.69) is 19.9 Å². The van der Waals surface area contributed by atoms with Crippen LogP contribution < -0.4 is 0 Å². The highest BCUT2D eigenvalue weighted by atomic mass is 35.5. The summed E-state index contributed by atoms with van der Waals surface area (Å²) in [6.07, 6.45) is 7.37. The summed E-state index contributed by atoms with van der Waals surface area (Å²) in [6.45, 7) is 5.82. The zero-order valence-electron chi connectivity index (χ0n) is 16.2. The number of Topliss-reactive ketones (excluding diaryl/α,β-unsaturated/α-hetero) is 1. The maximum atomic E-state index is 12.3. The maximum absolute atomic E-state index is 12.3. The highest BCUT2D eigenvalue weighted by Gasteiger charge is 2.66. The van der Waals surface area contributed by atoms with Crippen LogP contribution in [0.1, 0.15) is 52.9 Å². The summed E-state index contributed by atoms with van der Waals surface area (Å²) >= 11 is 13.1. The predicted octanol–water partition coefficient (Wildman–Crippen LogP) is 4.65. The van der Waals surface area contributed by atoms with Crippen molar-refractivity contribution in [3.63, 3.8) is 0 Å². The Labute approximate surface area is 171 Å². The Morgan fingerprint density at radius 2 is 1.93 bits per heavy atom. The molecule has 0 bridgehead atoms. The van der Waals surface area contributed by atoms with Crippen molar-refractivity contribution in [2.45, 2.75) is 58.5 Å². The Morgan fingerprint density at radius 1 is 1.26 bits per heavy atom. The SMILES string of the molecule is CC(=O)[C@@]1(O)CC[C@H]2[C@@H]3C=C(Cl)C4=CC(=O)C[C@H](CCl)[C@]4(C)[C@H]3CC[C@@]21C. The molecule has 4 aliphatic carbocycles. The Hall–Kier alpha value is -0.640. The molecular weight excluding hydrogens is 383 g/mol. The van der Waals surface area contributed by atoms with Crippen molar-refractivity contribution in [2.75, 3.05) is 5.88 Å². The second-order valence-electron chi connectivity index (χ2n) is 9.58. The predicted molar refractivity (Wildman–Crippen MR) is 107 cm³/mol. The number of carbonyl (C=O) groups is 2. The topological polar surface area (TPSA) is 54.4 Å². The largest absolute Gasteiger partial charge is 0.382 e. The zero-order valence-corrected chi connectivity index (χ0v) is 17.7. The second-order valence-corrected chi connectivity index (χ2v) is 10.3. The summed E-state index contributed by atoms with van der Waals surface area (Å²) in [5, 5.41) is 11.9. The Morgan fingerprint density at radius 3 is 2.56 bits per heavy atom. The fraction of sp³-hybridized carbons (Fsp3) is 0.727. The van der Waals surface area contributed by atoms with E-state index in [1.165, 1.54) is 6.92 Å². The summed E-state index contributed by atoms with van der Waals surface area (Å²) in [5.41, 5.74) is -0.957. The standard InChI is InChI=1S/C22H28Cl2O3/c1-12(25)22(27)7-5-16-15-10-19(24)18-9-14(26)8-13(11-23)21(18,3)17(15)4-6-20(16,22)2/h9-10,13,15-17,27H,4-8,11H2,1-3H3/t13-,15+,16+,17+,20+,21-,22+/m1/s1. The molecular formula is C22H28Cl2O3. The number of alkyl halides is 1. The third-order valence-electron chi connectivity index (χ3n) is 8.80. The summed E-state index contributed by atoms with van der Waals surface area (Å²) in [5.74, 6) is 1.23. The van der Waals surface area contributed by atoms with Crippen molar-refractivity contribution >= 4 is 34.8 Å². The molecule has 0 spiro atoms. The first-order valence-corrected chi connectivity index (χ1v) is 10.9. The molecule has 0 radical (unpaired) electrons. The smallest absolute Gasteiger partial charge is 0.161 e. The molecule has 0 aromatic heterocycles. The van der Waals surface area contributed by atoms with Gasteiger partial charge in [-0.05, 0) is 67.9 Å². The maximum Gasteiger partial charge on any atom is 0.161 e. The molecule has 27 heavy (non-hydrogen) atoms. The fourth-order valence-electron chi connectivity index (χ4n) is 7.08. The molecule has 0 aliphatic heterocycles. The van der Waals surface area contributed by atoms with Crippen LogP contribution in [0.25, 0.3) is 0 Å². The van der Waals surface area contributed by atoms with Crippen molar-refractivity contribution in [1.29, 1.82) is 0 Å². The van der Waals surface area contributed by atoms with E-state index in [0.717, 1.165) is 24.8 Å². The first-order valence-electron chi connectivity index (χ1n) is 10.0. The van der Waals surface area contributed by atoms with Gasteiger partial charge in [-0.25, -0.2) is 0 Å². The highest BCUT2D eigenvalue weighted by Crippen LogP contribution is 2.68. The minimum atomic E-state index is -1.24. The molecule has 2 fully saturated rings. The quantitative estimate of drug-likeness (QED) is 0.674. The molecule has 0 amide bonds. The average Bonchev–Trinajstić information content (AvgIpc) is 2.89. The van der Waals surface area contributed by atoms with Gasteiger partial charge in [-0.1, -0.05) is 31.5 Å². The van der Waals surface area contributed by atoms with Gasteiger partial charge in [-0.15, -0.1) is 11.6 Å². The van der Waals surface area contributed by atoms with Crippen molar-refractivity contribution in [3.05, 3.63) is 22.8 Å². The van der Waals surface area contributed by atoms with Crippen LogP contribution in [-0.2, 0) is 9.59 Å². The van der Waals surface area contributed by atoms with Gasteiger partial charge in [0.15, 0.2) is 11.6 Å². The minimum Gasteiger partial charge on any atom is -0.382 e. The molecule has 0 saturated heterocycles. The van der Waals surface area contributed by atoms with Gasteiger partial charge in [0, 0.05) is 28.2 Å². The summed E-state index contributed by atoms with van der Waals surface area (Å²) in [7, 11) is 0. The third-order valence-corrected chi connectivity index (χ3v) is 9.50. The van der Waals surface area contributed by atoms with E-state index in [-0.39, 0.29) is 34.7 Å². The second kappa shape index (κ2) is 6.18. The number of aliphatic hydroxyl groups is 1. The van der Waals surface area contributed by atoms with Crippen LogP contribution in [0.2, 0.25) is 0 Å². The fourth-order valence-corrected chi connectivity index (χ4v) is 7.91. The lowest BCUT2D eigenvalue weighted by molar-refractivity contribution is -0.157. The average molecular weight is 411 g/mol. The molecule has 1 N–H and O–H groups in total. The van der Waals surface area contributed by atoms with Crippen molar-refractivity contribution in [2.24, 2.45) is 34.5 Å². The van der Waals surface area contributed by atoms with Gasteiger partial charge < -0.3 is 5.11 Å². The van der Waals surface area contributed by atoms with Gasteiger partial charge in [0.2, 0.25) is 0 Å². The van der Waals surface area contributed by atoms with Crippen LogP contribution in [0.4, 0.5) is 0 Å². The van der Waals surface area contributed by atoms with E-state index in [1.54, 1.807) is 6.08 Å². The number of ketones is 2. The van der Waals surface area contributed by atoms with Gasteiger partial charge in [0.25, 0.3) is 0 Å². The molecule has 4 rings (SSSR count). The van der Waals surface area contributed by atoms with E-state index >= 15 is 0 Å². The molecule has 4 aliphatic rings. The van der Waals surface area contributed by atoms with Crippen LogP contribution >= 0.6 is 23.2 Å². The number of fused-ring (bicyclic) bond motifs is 5. The van der Waals surface area contributed by atoms with Gasteiger partial charge >= 0.3 is 0 Å². The molecule has 0 heterocycles. The molecule has 148 valence electrons. The molecule has 0 aromatic rings. The third kappa shape index (κ3) is 2.37. The number of carbonyl (C=O) groups excluding carboxylic acids is 2. The molecule has 7 atom stereocenters. The van der Waals surface area contributed by atoms with Gasteiger partial charge in [0.1, 0.15) is 5.60 Å². The van der Waals surface area contributed by atoms with Gasteiger partial charge in [-0.2, -0.15) is 0 Å². The van der Waals surface area contributed by atoms with Crippen molar-refractivity contribution < 1.29 is 14.7 Å². The van der Waals surface area contributed by atoms with Crippen LogP contribution in [0.3, 0.4) is 0 Å². The Balaban J connectivity index is 1.82. The summed E-state index contributed by atoms with van der Waals surface area (Å²) in [4.78, 5) is 24.6. The van der Waals surface area contributed by atoms with E-state index in [9.17, 15) is 14.7 Å². The molecule has 0 unspecified atom stereocenters. The lowest BCUT2D eigenvalue weighted by atomic mass is 9.46. The van der Waals surface area contributed by atoms with E-state index in [4.69, 9.17) is 23.2 Å². The van der Waals surface area contributed by atoms with Gasteiger partial charge in [0.05, 0.1) is 0 Å². The molecule has 0 aromatic carbocycles. The Bertz CT molecular complexity index is 772. The van der Waals surface area contributed by atoms with Crippen LogP contribution in [0, 0.1) is 34.5 Å². The molecule has 5 heteroatoms. The first kappa shape index (κ1) is 19.7. The number of hydrogen-bond acceptors (Lipinski definition) is 3. The number of allylic oxidation sites excluding steroid dienone is 4. The minimum absolute atomic E-state index is 0.0686. The molecule has 3 nitrogen and oxygen atoms in total. The monoisotopic (exact) mass is 410 g/mol. The van der Waals surface area contributed by atoms with Crippen molar-refractivity contribution in [1.82, 2.24) is 0 Å². The summed E-state index contributed by atoms with van der Waals surface area (Å²) < 4.78 is 0. The van der Waals surface area contributed by atoms with Crippen LogP contribution in [0.15, 0.2) is 22.8 Å².